The van der Waals surface area contributed by atoms with Gasteiger partial charge >= 0.3 is 0 Å². The topological polar surface area (TPSA) is 25.8 Å². The van der Waals surface area contributed by atoms with Crippen molar-refractivity contribution in [3.8, 4) is 67.3 Å². The minimum absolute atomic E-state index is 0.414. The number of hydrogen-bond donors (Lipinski definition) is 0. The molecule has 242 valence electrons. The summed E-state index contributed by atoms with van der Waals surface area (Å²) in [7, 11) is 0. The largest absolute Gasteiger partial charge is 0.228 e. The van der Waals surface area contributed by atoms with Crippen molar-refractivity contribution >= 4 is 21.4 Å². The molecule has 0 fully saturated rings. The third-order valence-corrected chi connectivity index (χ3v) is 12.2. The van der Waals surface area contributed by atoms with Crippen LogP contribution in [-0.4, -0.2) is 9.97 Å². The lowest BCUT2D eigenvalue weighted by atomic mass is 9.73. The van der Waals surface area contributed by atoms with Crippen LogP contribution >= 0.6 is 11.3 Å². The zero-order valence-corrected chi connectivity index (χ0v) is 28.9. The molecule has 0 radical (unpaired) electrons. The Labute approximate surface area is 306 Å². The number of thiophene rings is 1. The van der Waals surface area contributed by atoms with Gasteiger partial charge in [-0.15, -0.1) is 11.3 Å². The first-order chi connectivity index (χ1) is 25.8. The van der Waals surface area contributed by atoms with Gasteiger partial charge in [0.1, 0.15) is 0 Å². The Hall–Kier alpha value is -6.42. The van der Waals surface area contributed by atoms with E-state index in [4.69, 9.17) is 9.97 Å². The van der Waals surface area contributed by atoms with Crippen LogP contribution in [-0.2, 0) is 5.41 Å². The second-order valence-corrected chi connectivity index (χ2v) is 14.7. The number of rotatable bonds is 4. The van der Waals surface area contributed by atoms with Gasteiger partial charge in [-0.1, -0.05) is 170 Å². The van der Waals surface area contributed by atoms with Crippen LogP contribution in [0.2, 0.25) is 0 Å². The number of nitrogens with zero attached hydrogens (tertiary/aromatic N) is 2. The van der Waals surface area contributed by atoms with Crippen molar-refractivity contribution in [2.45, 2.75) is 5.41 Å². The smallest absolute Gasteiger partial charge is 0.160 e. The summed E-state index contributed by atoms with van der Waals surface area (Å²) in [6.45, 7) is 0. The van der Waals surface area contributed by atoms with E-state index in [1.807, 2.05) is 11.3 Å². The highest BCUT2D eigenvalue weighted by molar-refractivity contribution is 7.20. The van der Waals surface area contributed by atoms with E-state index in [2.05, 4.69) is 182 Å². The summed E-state index contributed by atoms with van der Waals surface area (Å²) in [5, 5.41) is 1.30. The van der Waals surface area contributed by atoms with Crippen molar-refractivity contribution in [1.29, 1.82) is 0 Å². The van der Waals surface area contributed by atoms with Crippen LogP contribution in [0, 0.1) is 0 Å². The summed E-state index contributed by atoms with van der Waals surface area (Å²) in [5.41, 5.74) is 16.2. The van der Waals surface area contributed by atoms with E-state index in [9.17, 15) is 0 Å². The summed E-state index contributed by atoms with van der Waals surface area (Å²) in [5.74, 6) is 0.716. The van der Waals surface area contributed by atoms with E-state index in [-0.39, 0.29) is 0 Å². The zero-order chi connectivity index (χ0) is 34.2. The predicted octanol–water partition coefficient (Wildman–Crippen LogP) is 12.7. The second-order valence-electron chi connectivity index (χ2n) is 13.6. The number of benzene rings is 7. The molecular weight excluding hydrogens is 649 g/mol. The van der Waals surface area contributed by atoms with Crippen molar-refractivity contribution in [3.63, 3.8) is 0 Å². The molecule has 1 spiro atoms. The molecule has 2 aliphatic carbocycles. The monoisotopic (exact) mass is 678 g/mol. The lowest BCUT2D eigenvalue weighted by Crippen LogP contribution is -2.24. The molecule has 0 aliphatic heterocycles. The Morgan fingerprint density at radius 1 is 0.385 bits per heavy atom. The summed E-state index contributed by atoms with van der Waals surface area (Å²) in [4.78, 5) is 12.0. The molecule has 7 aromatic carbocycles. The lowest BCUT2D eigenvalue weighted by molar-refractivity contribution is 0.812. The molecule has 2 aliphatic rings. The van der Waals surface area contributed by atoms with Gasteiger partial charge in [-0.3, -0.25) is 0 Å². The fourth-order valence-corrected chi connectivity index (χ4v) is 10.2. The van der Waals surface area contributed by atoms with Crippen molar-refractivity contribution in [2.75, 3.05) is 0 Å². The van der Waals surface area contributed by atoms with Crippen LogP contribution in [0.1, 0.15) is 21.6 Å². The van der Waals surface area contributed by atoms with Crippen LogP contribution in [0.15, 0.2) is 182 Å². The highest BCUT2D eigenvalue weighted by Gasteiger charge is 2.53. The first kappa shape index (κ1) is 29.3. The predicted molar refractivity (Wildman–Crippen MR) is 215 cm³/mol. The summed E-state index contributed by atoms with van der Waals surface area (Å²) in [6.07, 6.45) is 0. The molecule has 0 saturated heterocycles. The minimum atomic E-state index is -0.414. The van der Waals surface area contributed by atoms with Crippen LogP contribution in [0.4, 0.5) is 0 Å². The van der Waals surface area contributed by atoms with E-state index in [0.717, 1.165) is 28.1 Å². The standard InChI is InChI=1S/C49H30N2S/c1-3-14-31(15-4-1)32-26-28-34(29-27-32)48-50-42(33-16-5-2-6-17-33)30-43(51-48)37-21-13-24-41-45(37)46-38-20-9-12-25-44(38)52-47(46)49(41)39-22-10-7-18-35(39)36-19-8-11-23-40(36)49/h1-30H. The zero-order valence-electron chi connectivity index (χ0n) is 28.1. The molecule has 0 amide bonds. The Morgan fingerprint density at radius 3 is 1.65 bits per heavy atom. The van der Waals surface area contributed by atoms with Gasteiger partial charge < -0.3 is 0 Å². The molecule has 0 atom stereocenters. The third kappa shape index (κ3) is 4.11. The highest BCUT2D eigenvalue weighted by Crippen LogP contribution is 2.67. The van der Waals surface area contributed by atoms with E-state index >= 15 is 0 Å². The van der Waals surface area contributed by atoms with Crippen LogP contribution in [0.5, 0.6) is 0 Å². The van der Waals surface area contributed by atoms with Crippen LogP contribution in [0.25, 0.3) is 77.4 Å². The number of aromatic nitrogens is 2. The molecule has 52 heavy (non-hydrogen) atoms. The van der Waals surface area contributed by atoms with Gasteiger partial charge in [0.2, 0.25) is 0 Å². The first-order valence-corrected chi connectivity index (χ1v) is 18.6. The Kier molecular flexibility index (Phi) is 6.37. The fourth-order valence-electron chi connectivity index (χ4n) is 8.71. The van der Waals surface area contributed by atoms with E-state index < -0.39 is 5.41 Å². The molecule has 0 bridgehead atoms. The SMILES string of the molecule is c1ccc(-c2ccc(-c3nc(-c4ccccc4)cc(-c4cccc5c4-c4c(sc6ccccc46)C54c5ccccc5-c5ccccc54)n3)cc2)cc1. The normalized spacial score (nSPS) is 13.2. The van der Waals surface area contributed by atoms with E-state index in [0.29, 0.717) is 5.82 Å². The van der Waals surface area contributed by atoms with Crippen molar-refractivity contribution in [3.05, 3.63) is 204 Å². The molecule has 0 saturated carbocycles. The Morgan fingerprint density at radius 2 is 0.923 bits per heavy atom. The molecule has 3 heteroatoms. The maximum Gasteiger partial charge on any atom is 0.160 e. The maximum absolute atomic E-state index is 5.41. The van der Waals surface area contributed by atoms with Gasteiger partial charge in [0.25, 0.3) is 0 Å². The Bertz CT molecular complexity index is 2790. The van der Waals surface area contributed by atoms with Crippen LogP contribution in [0.3, 0.4) is 0 Å². The highest BCUT2D eigenvalue weighted by atomic mass is 32.1. The molecule has 2 aromatic heterocycles. The number of hydrogen-bond acceptors (Lipinski definition) is 3. The quantitative estimate of drug-likeness (QED) is 0.185. The summed E-state index contributed by atoms with van der Waals surface area (Å²) in [6, 6.07) is 65.6. The summed E-state index contributed by atoms with van der Waals surface area (Å²) >= 11 is 1.94. The second kappa shape index (κ2) is 11.3. The first-order valence-electron chi connectivity index (χ1n) is 17.7. The fraction of sp³-hybridized carbons (Fsp3) is 0.0204. The summed E-state index contributed by atoms with van der Waals surface area (Å²) < 4.78 is 1.31. The van der Waals surface area contributed by atoms with Crippen molar-refractivity contribution in [1.82, 2.24) is 9.97 Å². The van der Waals surface area contributed by atoms with E-state index in [1.54, 1.807) is 0 Å². The van der Waals surface area contributed by atoms with Gasteiger partial charge in [-0.25, -0.2) is 9.97 Å². The minimum Gasteiger partial charge on any atom is -0.228 e. The van der Waals surface area contributed by atoms with Crippen molar-refractivity contribution in [2.24, 2.45) is 0 Å². The third-order valence-electron chi connectivity index (χ3n) is 10.9. The van der Waals surface area contributed by atoms with Gasteiger partial charge in [0, 0.05) is 37.2 Å². The lowest BCUT2D eigenvalue weighted by Gasteiger charge is -2.29. The van der Waals surface area contributed by atoms with Crippen molar-refractivity contribution < 1.29 is 0 Å². The average molecular weight is 679 g/mol. The molecule has 2 nitrogen and oxygen atoms in total. The van der Waals surface area contributed by atoms with Gasteiger partial charge in [-0.05, 0) is 56.6 Å². The van der Waals surface area contributed by atoms with Gasteiger partial charge in [0.15, 0.2) is 5.82 Å². The molecular formula is C49H30N2S. The molecule has 0 unspecified atom stereocenters. The van der Waals surface area contributed by atoms with Crippen LogP contribution < -0.4 is 0 Å². The molecule has 11 rings (SSSR count). The Balaban J connectivity index is 1.19. The molecule has 0 N–H and O–H groups in total. The molecule has 2 heterocycles. The maximum atomic E-state index is 5.41. The van der Waals surface area contributed by atoms with Gasteiger partial charge in [0.05, 0.1) is 16.8 Å². The number of fused-ring (bicyclic) bond motifs is 12. The van der Waals surface area contributed by atoms with Gasteiger partial charge in [-0.2, -0.15) is 0 Å². The molecule has 9 aromatic rings. The average Bonchev–Trinajstić information content (AvgIpc) is 3.85. The van der Waals surface area contributed by atoms with E-state index in [1.165, 1.54) is 65.0 Å².